The predicted octanol–water partition coefficient (Wildman–Crippen LogP) is 8.93. The molecule has 6 aromatic rings. The minimum absolute atomic E-state index is 0. The summed E-state index contributed by atoms with van der Waals surface area (Å²) in [4.78, 5) is -1.83. The zero-order chi connectivity index (χ0) is 38.6. The molecule has 6 aromatic carbocycles. The molecule has 0 amide bonds. The van der Waals surface area contributed by atoms with Crippen LogP contribution in [0.25, 0.3) is 10.8 Å². The average molecular weight is 814 g/mol. The molecule has 0 bridgehead atoms. The number of fused-ring (bicyclic) bond motifs is 1. The number of aromatic hydroxyl groups is 3. The number of azo groups is 4. The fourth-order valence-electron chi connectivity index (χ4n) is 4.76. The molecule has 0 heterocycles. The zero-order valence-electron chi connectivity index (χ0n) is 29.2. The average Bonchev–Trinajstić information content (AvgIpc) is 3.13. The Morgan fingerprint density at radius 3 is 1.02 bits per heavy atom. The molecule has 0 fully saturated rings. The second-order valence-corrected chi connectivity index (χ2v) is 13.9. The Bertz CT molecular complexity index is 2550. The van der Waals surface area contributed by atoms with Gasteiger partial charge >= 0.3 is 0 Å². The van der Waals surface area contributed by atoms with Crippen LogP contribution in [0.15, 0.2) is 160 Å². The van der Waals surface area contributed by atoms with Crippen LogP contribution < -0.4 is 5.73 Å². The molecule has 0 saturated heterocycles. The third kappa shape index (κ3) is 10.6. The van der Waals surface area contributed by atoms with E-state index in [1.165, 1.54) is 72.8 Å². The van der Waals surface area contributed by atoms with Crippen molar-refractivity contribution in [2.75, 3.05) is 5.73 Å². The molecule has 0 aliphatic heterocycles. The van der Waals surface area contributed by atoms with E-state index >= 15 is 0 Å². The van der Waals surface area contributed by atoms with Crippen LogP contribution in [-0.2, 0) is 20.2 Å². The normalized spacial score (nSPS) is 12.1. The van der Waals surface area contributed by atoms with E-state index in [0.29, 0.717) is 22.7 Å². The molecule has 22 heteroatoms. The molecule has 0 atom stereocenters. The number of phenols is 3. The predicted molar refractivity (Wildman–Crippen MR) is 207 cm³/mol. The maximum Gasteiger partial charge on any atom is 0.296 e. The van der Waals surface area contributed by atoms with Gasteiger partial charge in [-0.2, -0.15) is 47.5 Å². The first kappa shape index (κ1) is 43.7. The van der Waals surface area contributed by atoms with E-state index in [0.717, 1.165) is 12.1 Å². The number of rotatable bonds is 10. The van der Waals surface area contributed by atoms with Gasteiger partial charge in [-0.1, -0.05) is 0 Å². The summed E-state index contributed by atoms with van der Waals surface area (Å²) < 4.78 is 69.7. The van der Waals surface area contributed by atoms with Crippen molar-refractivity contribution in [3.05, 3.63) is 109 Å². The first-order valence-electron chi connectivity index (χ1n) is 15.2. The number of nitrogens with two attached hydrogens (primary N) is 1. The molecule has 0 spiro atoms. The summed E-state index contributed by atoms with van der Waals surface area (Å²) in [6.45, 7) is 0. The number of benzene rings is 6. The maximum absolute atomic E-state index is 12.4. The minimum Gasteiger partial charge on any atom is -0.508 e. The van der Waals surface area contributed by atoms with Crippen molar-refractivity contribution in [3.8, 4) is 17.2 Å². The number of hydrogen-bond donors (Lipinski definition) is 6. The summed E-state index contributed by atoms with van der Waals surface area (Å²) in [6, 6.07) is 25.6. The van der Waals surface area contributed by atoms with Crippen molar-refractivity contribution in [2.24, 2.45) is 40.9 Å². The van der Waals surface area contributed by atoms with Crippen LogP contribution in [0.4, 0.5) is 51.2 Å². The number of phenolic OH excluding ortho intramolecular Hbond substituents is 3. The van der Waals surface area contributed by atoms with Gasteiger partial charge in [-0.25, -0.2) is 0 Å². The molecular weight excluding hydrogens is 789 g/mol. The molecule has 0 aliphatic rings. The topological polar surface area (TPSA) is 294 Å². The van der Waals surface area contributed by atoms with Crippen LogP contribution >= 0.6 is 0 Å². The molecule has 7 N–H and O–H groups in total. The van der Waals surface area contributed by atoms with Crippen LogP contribution in [0, 0.1) is 0 Å². The van der Waals surface area contributed by atoms with E-state index in [1.54, 1.807) is 24.3 Å². The van der Waals surface area contributed by atoms with Gasteiger partial charge in [-0.3, -0.25) is 9.11 Å². The van der Waals surface area contributed by atoms with E-state index in [2.05, 4.69) is 40.9 Å². The van der Waals surface area contributed by atoms with E-state index in [9.17, 15) is 41.3 Å². The van der Waals surface area contributed by atoms with Crippen molar-refractivity contribution in [1.29, 1.82) is 0 Å². The first-order valence-corrected chi connectivity index (χ1v) is 18.1. The van der Waals surface area contributed by atoms with Gasteiger partial charge in [0, 0.05) is 59.1 Å². The summed E-state index contributed by atoms with van der Waals surface area (Å²) in [5, 5.41) is 61.5. The number of anilines is 1. The zero-order valence-corrected chi connectivity index (χ0v) is 34.9. The van der Waals surface area contributed by atoms with E-state index in [1.807, 2.05) is 0 Å². The van der Waals surface area contributed by atoms with Crippen LogP contribution in [0.2, 0.25) is 0 Å². The number of nitrogen functional groups attached to an aromatic ring is 1. The van der Waals surface area contributed by atoms with Gasteiger partial charge < -0.3 is 21.1 Å². The van der Waals surface area contributed by atoms with Crippen LogP contribution in [0.3, 0.4) is 0 Å². The van der Waals surface area contributed by atoms with Gasteiger partial charge in [0.15, 0.2) is 5.75 Å². The van der Waals surface area contributed by atoms with Gasteiger partial charge in [0.1, 0.15) is 32.7 Å². The second kappa shape index (κ2) is 18.3. The second-order valence-electron chi connectivity index (χ2n) is 11.1. The molecule has 6 rings (SSSR count). The Morgan fingerprint density at radius 1 is 0.429 bits per heavy atom. The van der Waals surface area contributed by atoms with Crippen molar-refractivity contribution in [2.45, 2.75) is 9.79 Å². The van der Waals surface area contributed by atoms with Crippen LogP contribution in [0.1, 0.15) is 0 Å². The quantitative estimate of drug-likeness (QED) is 0.0330. The van der Waals surface area contributed by atoms with E-state index in [-0.39, 0.29) is 92.8 Å². The molecule has 56 heavy (non-hydrogen) atoms. The van der Waals surface area contributed by atoms with Crippen LogP contribution in [-0.4, -0.2) is 100 Å². The van der Waals surface area contributed by atoms with E-state index in [4.69, 9.17) is 5.73 Å². The van der Waals surface area contributed by atoms with Crippen molar-refractivity contribution in [3.63, 3.8) is 0 Å². The minimum atomic E-state index is -5.11. The van der Waals surface area contributed by atoms with Crippen molar-refractivity contribution < 1.29 is 41.3 Å². The van der Waals surface area contributed by atoms with Crippen molar-refractivity contribution in [1.82, 2.24) is 0 Å². The number of hydrogen-bond acceptors (Lipinski definition) is 16. The monoisotopic (exact) mass is 813 g/mol. The maximum atomic E-state index is 12.4. The molecule has 0 saturated carbocycles. The van der Waals surface area contributed by atoms with Gasteiger partial charge in [0.25, 0.3) is 20.2 Å². The van der Waals surface area contributed by atoms with Gasteiger partial charge in [-0.15, -0.1) is 10.2 Å². The van der Waals surface area contributed by atoms with Crippen molar-refractivity contribution >= 4 is 141 Å². The Labute approximate surface area is 362 Å². The molecule has 274 valence electrons. The smallest absolute Gasteiger partial charge is 0.296 e. The van der Waals surface area contributed by atoms with Gasteiger partial charge in [-0.05, 0) is 115 Å². The molecule has 18 nitrogen and oxygen atoms in total. The Morgan fingerprint density at radius 2 is 0.696 bits per heavy atom. The largest absolute Gasteiger partial charge is 0.508 e. The SMILES string of the molecule is Nc1c(N=Nc2ccc(N=Nc3ccc(O)cc3)cc2)c(S(=O)(=O)O)cc2cc(S(=O)(=O)O)c(N=Nc3ccc(N=Nc4ccc(O)cc4)cc3)c(O)c12.[Na].[Na]. The Kier molecular flexibility index (Phi) is 14.3. The third-order valence-electron chi connectivity index (χ3n) is 7.36. The summed E-state index contributed by atoms with van der Waals surface area (Å²) in [7, 11) is -10.2. The third-order valence-corrected chi connectivity index (χ3v) is 9.10. The fourth-order valence-corrected chi connectivity index (χ4v) is 6.09. The summed E-state index contributed by atoms with van der Waals surface area (Å²) in [6.07, 6.45) is 0. The van der Waals surface area contributed by atoms with E-state index < -0.39 is 52.8 Å². The number of nitrogens with zero attached hydrogens (tertiary/aromatic N) is 8. The van der Waals surface area contributed by atoms with Crippen LogP contribution in [0.5, 0.6) is 17.2 Å². The summed E-state index contributed by atoms with van der Waals surface area (Å²) in [5.41, 5.74) is 6.55. The summed E-state index contributed by atoms with van der Waals surface area (Å²) >= 11 is 0. The Balaban J connectivity index is 0.00000348. The molecule has 0 unspecified atom stereocenters. The molecule has 0 aromatic heterocycles. The summed E-state index contributed by atoms with van der Waals surface area (Å²) in [5.74, 6) is -0.771. The Hall–Kier alpha value is -5.00. The first-order chi connectivity index (χ1) is 25.7. The molecular formula is C34H25N9Na2O9S2. The molecule has 0 aliphatic carbocycles. The fraction of sp³-hybridized carbons (Fsp3) is 0. The molecule has 2 radical (unpaired) electrons. The van der Waals surface area contributed by atoms with Gasteiger partial charge in [0.05, 0.1) is 45.2 Å². The van der Waals surface area contributed by atoms with Gasteiger partial charge in [0.2, 0.25) is 0 Å². The standard InChI is InChI=1S/C34H25N9O9S2.2Na/c35-31-30-19(17-28(53(47,48)49)32(31)42-40-22-5-1-20(2-6-22)36-38-24-9-13-26(44)14-10-24)18-29(54(50,51)52)33(34(30)46)43-41-23-7-3-21(4-8-23)37-39-25-11-15-27(45)16-12-25;;/h1-18,44-46H,35H2,(H,47,48,49)(H,50,51,52);;.